The lowest BCUT2D eigenvalue weighted by molar-refractivity contribution is 0.0533. The molecule has 0 saturated heterocycles. The molecule has 5 nitrogen and oxygen atoms in total. The molecule has 0 atom stereocenters. The number of esters is 1. The van der Waals surface area contributed by atoms with E-state index in [-0.39, 0.29) is 0 Å². The van der Waals surface area contributed by atoms with Crippen LogP contribution in [0, 0.1) is 0 Å². The van der Waals surface area contributed by atoms with Crippen LogP contribution in [0.1, 0.15) is 42.8 Å². The number of carbonyl (C=O) groups is 1. The number of thioether (sulfide) groups is 1. The minimum atomic E-state index is -0.408. The number of anilines is 1. The molecule has 2 heterocycles. The van der Waals surface area contributed by atoms with Crippen LogP contribution in [0.25, 0.3) is 21.5 Å². The summed E-state index contributed by atoms with van der Waals surface area (Å²) in [5.74, 6) is 0.563. The highest BCUT2D eigenvalue weighted by Crippen LogP contribution is 2.39. The minimum absolute atomic E-state index is 0.308. The maximum atomic E-state index is 12.3. The molecule has 0 amide bonds. The van der Waals surface area contributed by atoms with E-state index in [4.69, 9.17) is 15.5 Å². The van der Waals surface area contributed by atoms with Crippen molar-refractivity contribution in [2.24, 2.45) is 0 Å². The van der Waals surface area contributed by atoms with Gasteiger partial charge in [-0.15, -0.1) is 11.3 Å². The summed E-state index contributed by atoms with van der Waals surface area (Å²) in [5.41, 5.74) is 8.44. The van der Waals surface area contributed by atoms with E-state index in [1.54, 1.807) is 18.7 Å². The molecule has 0 aliphatic heterocycles. The fourth-order valence-corrected chi connectivity index (χ4v) is 4.62. The van der Waals surface area contributed by atoms with E-state index in [1.165, 1.54) is 24.2 Å². The van der Waals surface area contributed by atoms with Gasteiger partial charge in [-0.05, 0) is 13.3 Å². The predicted molar refractivity (Wildman–Crippen MR) is 113 cm³/mol. The normalized spacial score (nSPS) is 11.0. The van der Waals surface area contributed by atoms with Crippen LogP contribution >= 0.6 is 23.1 Å². The number of thiophene rings is 1. The molecule has 0 fully saturated rings. The summed E-state index contributed by atoms with van der Waals surface area (Å²) >= 11 is 2.92. The zero-order valence-corrected chi connectivity index (χ0v) is 17.2. The van der Waals surface area contributed by atoms with Gasteiger partial charge in [-0.1, -0.05) is 61.9 Å². The van der Waals surface area contributed by atoms with Crippen molar-refractivity contribution in [2.75, 3.05) is 18.1 Å². The number of hydrogen-bond donors (Lipinski definition) is 1. The third-order valence-corrected chi connectivity index (χ3v) is 6.07. The Balaban J connectivity index is 2.08. The standard InChI is InChI=1S/C20H23N3O2S2/c1-3-5-9-12-26-20-22-16(13-10-7-6-8-11-13)14-15(21)17(19(24)25-4-2)27-18(14)23-20/h6-8,10-11H,3-5,9,12,21H2,1-2H3. The Morgan fingerprint density at radius 1 is 1.19 bits per heavy atom. The van der Waals surface area contributed by atoms with Crippen molar-refractivity contribution in [2.45, 2.75) is 38.3 Å². The summed E-state index contributed by atoms with van der Waals surface area (Å²) in [7, 11) is 0. The van der Waals surface area contributed by atoms with Gasteiger partial charge in [-0.25, -0.2) is 14.8 Å². The molecule has 7 heteroatoms. The molecule has 0 aliphatic carbocycles. The Bertz CT molecular complexity index is 926. The number of aromatic nitrogens is 2. The van der Waals surface area contributed by atoms with Crippen LogP contribution in [0.15, 0.2) is 35.5 Å². The minimum Gasteiger partial charge on any atom is -0.462 e. The molecule has 1 aromatic carbocycles. The number of rotatable bonds is 8. The second kappa shape index (κ2) is 9.19. The van der Waals surface area contributed by atoms with Crippen molar-refractivity contribution >= 4 is 45.0 Å². The molecule has 2 aromatic heterocycles. The Morgan fingerprint density at radius 2 is 1.96 bits per heavy atom. The van der Waals surface area contributed by atoms with Crippen LogP contribution in [0.3, 0.4) is 0 Å². The highest BCUT2D eigenvalue weighted by Gasteiger charge is 2.23. The molecule has 3 aromatic rings. The number of hydrogen-bond acceptors (Lipinski definition) is 7. The summed E-state index contributed by atoms with van der Waals surface area (Å²) in [4.78, 5) is 22.8. The molecule has 0 bridgehead atoms. The van der Waals surface area contributed by atoms with Gasteiger partial charge >= 0.3 is 5.97 Å². The van der Waals surface area contributed by atoms with Gasteiger partial charge in [0.25, 0.3) is 0 Å². The quantitative estimate of drug-likeness (QED) is 0.236. The van der Waals surface area contributed by atoms with Crippen molar-refractivity contribution in [3.8, 4) is 11.3 Å². The Labute approximate surface area is 167 Å². The summed E-state index contributed by atoms with van der Waals surface area (Å²) in [6, 6.07) is 9.88. The fraction of sp³-hybridized carbons (Fsp3) is 0.350. The van der Waals surface area contributed by atoms with Gasteiger partial charge in [0, 0.05) is 11.3 Å². The van der Waals surface area contributed by atoms with Gasteiger partial charge in [-0.2, -0.15) is 0 Å². The van der Waals surface area contributed by atoms with Gasteiger partial charge in [0.1, 0.15) is 9.71 Å². The van der Waals surface area contributed by atoms with E-state index in [1.807, 2.05) is 30.3 Å². The maximum Gasteiger partial charge on any atom is 0.350 e. The van der Waals surface area contributed by atoms with Crippen LogP contribution < -0.4 is 5.73 Å². The molecule has 2 N–H and O–H groups in total. The second-order valence-corrected chi connectivity index (χ2v) is 8.08. The van der Waals surface area contributed by atoms with E-state index < -0.39 is 5.97 Å². The summed E-state index contributed by atoms with van der Waals surface area (Å²) < 4.78 is 5.14. The second-order valence-electron chi connectivity index (χ2n) is 6.02. The molecule has 0 spiro atoms. The zero-order valence-electron chi connectivity index (χ0n) is 15.5. The number of ether oxygens (including phenoxy) is 1. The predicted octanol–water partition coefficient (Wildman–Crippen LogP) is 5.40. The Kier molecular flexibility index (Phi) is 6.68. The fourth-order valence-electron chi connectivity index (χ4n) is 2.74. The largest absolute Gasteiger partial charge is 0.462 e. The molecule has 0 aliphatic rings. The zero-order chi connectivity index (χ0) is 19.2. The van der Waals surface area contributed by atoms with E-state index in [2.05, 4.69) is 11.9 Å². The van der Waals surface area contributed by atoms with Crippen LogP contribution in [0.4, 0.5) is 5.69 Å². The lowest BCUT2D eigenvalue weighted by Crippen LogP contribution is -2.05. The summed E-state index contributed by atoms with van der Waals surface area (Å²) in [6.07, 6.45) is 3.50. The first-order valence-corrected chi connectivity index (χ1v) is 10.9. The van der Waals surface area contributed by atoms with Crippen molar-refractivity contribution in [1.29, 1.82) is 0 Å². The third-order valence-electron chi connectivity index (χ3n) is 4.06. The lowest BCUT2D eigenvalue weighted by atomic mass is 10.1. The van der Waals surface area contributed by atoms with Crippen molar-refractivity contribution in [3.63, 3.8) is 0 Å². The molecule has 0 radical (unpaired) electrons. The van der Waals surface area contributed by atoms with Crippen LogP contribution in [0.5, 0.6) is 0 Å². The van der Waals surface area contributed by atoms with E-state index in [0.717, 1.165) is 33.6 Å². The number of unbranched alkanes of at least 4 members (excludes halogenated alkanes) is 2. The molecule has 0 unspecified atom stereocenters. The van der Waals surface area contributed by atoms with Gasteiger partial charge in [0.05, 0.1) is 23.4 Å². The van der Waals surface area contributed by atoms with E-state index >= 15 is 0 Å². The van der Waals surface area contributed by atoms with Crippen LogP contribution in [0.2, 0.25) is 0 Å². The number of nitrogens with zero attached hydrogens (tertiary/aromatic N) is 2. The lowest BCUT2D eigenvalue weighted by Gasteiger charge is -2.07. The van der Waals surface area contributed by atoms with Gasteiger partial charge in [-0.3, -0.25) is 0 Å². The average molecular weight is 402 g/mol. The van der Waals surface area contributed by atoms with Gasteiger partial charge < -0.3 is 10.5 Å². The third kappa shape index (κ3) is 4.42. The number of fused-ring (bicyclic) bond motifs is 1. The molecular weight excluding hydrogens is 378 g/mol. The topological polar surface area (TPSA) is 78.1 Å². The van der Waals surface area contributed by atoms with E-state index in [0.29, 0.717) is 22.3 Å². The molecule has 3 rings (SSSR count). The number of nitrogens with two attached hydrogens (primary N) is 1. The number of nitrogen functional groups attached to an aromatic ring is 1. The highest BCUT2D eigenvalue weighted by atomic mass is 32.2. The molecule has 0 saturated carbocycles. The Morgan fingerprint density at radius 3 is 2.67 bits per heavy atom. The SMILES string of the molecule is CCCCCSc1nc(-c2ccccc2)c2c(N)c(C(=O)OCC)sc2n1. The highest BCUT2D eigenvalue weighted by molar-refractivity contribution is 7.99. The van der Waals surface area contributed by atoms with Crippen molar-refractivity contribution < 1.29 is 9.53 Å². The molecule has 27 heavy (non-hydrogen) atoms. The van der Waals surface area contributed by atoms with Crippen molar-refractivity contribution in [1.82, 2.24) is 9.97 Å². The Hall–Kier alpha value is -2.12. The molecule has 142 valence electrons. The number of carbonyl (C=O) groups excluding carboxylic acids is 1. The van der Waals surface area contributed by atoms with E-state index in [9.17, 15) is 4.79 Å². The summed E-state index contributed by atoms with van der Waals surface area (Å²) in [5, 5.41) is 1.45. The summed E-state index contributed by atoms with van der Waals surface area (Å²) in [6.45, 7) is 4.27. The van der Waals surface area contributed by atoms with Crippen LogP contribution in [-0.2, 0) is 4.74 Å². The van der Waals surface area contributed by atoms with Crippen LogP contribution in [-0.4, -0.2) is 28.3 Å². The first-order chi connectivity index (χ1) is 13.2. The average Bonchev–Trinajstić information content (AvgIpc) is 3.02. The maximum absolute atomic E-state index is 12.3. The first-order valence-electron chi connectivity index (χ1n) is 9.11. The van der Waals surface area contributed by atoms with Gasteiger partial charge in [0.15, 0.2) is 5.16 Å². The van der Waals surface area contributed by atoms with Gasteiger partial charge in [0.2, 0.25) is 0 Å². The number of benzene rings is 1. The van der Waals surface area contributed by atoms with Crippen molar-refractivity contribution in [3.05, 3.63) is 35.2 Å². The smallest absolute Gasteiger partial charge is 0.350 e. The molecular formula is C20H23N3O2S2. The first kappa shape index (κ1) is 19.6. The monoisotopic (exact) mass is 401 g/mol.